The van der Waals surface area contributed by atoms with Crippen LogP contribution in [-0.4, -0.2) is 30.9 Å². The van der Waals surface area contributed by atoms with Crippen LogP contribution in [0.25, 0.3) is 0 Å². The van der Waals surface area contributed by atoms with Crippen molar-refractivity contribution in [3.05, 3.63) is 71.3 Å². The molecule has 0 aliphatic carbocycles. The topological polar surface area (TPSA) is 55.8 Å². The zero-order chi connectivity index (χ0) is 16.8. The van der Waals surface area contributed by atoms with E-state index in [1.165, 1.54) is 0 Å². The standard InChI is InChI=1S/C20H22O4/c21-11-10-20(14-23-15-20)12-16-6-8-18(9-7-16)19(22)24-13-17-4-2-1-3-5-17/h1-9,21H,10-15H2. The number of aliphatic hydroxyl groups is 1. The molecule has 1 heterocycles. The van der Waals surface area contributed by atoms with Crippen LogP contribution >= 0.6 is 0 Å². The zero-order valence-corrected chi connectivity index (χ0v) is 13.6. The summed E-state index contributed by atoms with van der Waals surface area (Å²) < 4.78 is 10.6. The summed E-state index contributed by atoms with van der Waals surface area (Å²) in [5, 5.41) is 9.20. The molecule has 0 bridgehead atoms. The van der Waals surface area contributed by atoms with Gasteiger partial charge in [-0.15, -0.1) is 0 Å². The maximum absolute atomic E-state index is 12.1. The molecule has 1 aliphatic heterocycles. The first-order valence-corrected chi connectivity index (χ1v) is 8.19. The molecule has 0 aromatic heterocycles. The highest BCUT2D eigenvalue weighted by atomic mass is 16.5. The highest BCUT2D eigenvalue weighted by Crippen LogP contribution is 2.35. The molecule has 0 atom stereocenters. The molecule has 2 aromatic rings. The predicted molar refractivity (Wildman–Crippen MR) is 90.7 cm³/mol. The molecular weight excluding hydrogens is 304 g/mol. The van der Waals surface area contributed by atoms with Crippen LogP contribution in [0.5, 0.6) is 0 Å². The van der Waals surface area contributed by atoms with Crippen molar-refractivity contribution in [3.63, 3.8) is 0 Å². The van der Waals surface area contributed by atoms with Crippen LogP contribution in [0.1, 0.15) is 27.9 Å². The highest BCUT2D eigenvalue weighted by molar-refractivity contribution is 5.89. The van der Waals surface area contributed by atoms with E-state index >= 15 is 0 Å². The van der Waals surface area contributed by atoms with Crippen molar-refractivity contribution in [2.45, 2.75) is 19.4 Å². The quantitative estimate of drug-likeness (QED) is 0.795. The third-order valence-electron chi connectivity index (χ3n) is 4.44. The van der Waals surface area contributed by atoms with E-state index in [2.05, 4.69) is 0 Å². The fourth-order valence-corrected chi connectivity index (χ4v) is 2.96. The Kier molecular flexibility index (Phi) is 5.28. The van der Waals surface area contributed by atoms with Crippen LogP contribution in [0.3, 0.4) is 0 Å². The smallest absolute Gasteiger partial charge is 0.338 e. The predicted octanol–water partition coefficient (Wildman–Crippen LogP) is 2.99. The largest absolute Gasteiger partial charge is 0.457 e. The van der Waals surface area contributed by atoms with Gasteiger partial charge in [0.05, 0.1) is 18.8 Å². The minimum atomic E-state index is -0.317. The van der Waals surface area contributed by atoms with E-state index in [9.17, 15) is 9.90 Å². The molecule has 0 saturated carbocycles. The van der Waals surface area contributed by atoms with Gasteiger partial charge in [-0.1, -0.05) is 42.5 Å². The Bertz CT molecular complexity index is 660. The van der Waals surface area contributed by atoms with E-state index in [-0.39, 0.29) is 24.6 Å². The van der Waals surface area contributed by atoms with Crippen molar-refractivity contribution in [2.75, 3.05) is 19.8 Å². The Balaban J connectivity index is 1.56. The molecule has 4 nitrogen and oxygen atoms in total. The number of carbonyl (C=O) groups is 1. The number of esters is 1. The fourth-order valence-electron chi connectivity index (χ4n) is 2.96. The van der Waals surface area contributed by atoms with Crippen molar-refractivity contribution in [2.24, 2.45) is 5.41 Å². The normalized spacial score (nSPS) is 15.5. The van der Waals surface area contributed by atoms with Crippen molar-refractivity contribution < 1.29 is 19.4 Å². The Labute approximate surface area is 142 Å². The zero-order valence-electron chi connectivity index (χ0n) is 13.6. The lowest BCUT2D eigenvalue weighted by atomic mass is 9.77. The van der Waals surface area contributed by atoms with E-state index < -0.39 is 0 Å². The number of ether oxygens (including phenoxy) is 2. The van der Waals surface area contributed by atoms with E-state index in [1.54, 1.807) is 12.1 Å². The van der Waals surface area contributed by atoms with Gasteiger partial charge in [-0.3, -0.25) is 0 Å². The van der Waals surface area contributed by atoms with Gasteiger partial charge in [-0.05, 0) is 36.1 Å². The Morgan fingerprint density at radius 3 is 2.33 bits per heavy atom. The first kappa shape index (κ1) is 16.7. The van der Waals surface area contributed by atoms with Crippen LogP contribution < -0.4 is 0 Å². The van der Waals surface area contributed by atoms with E-state index in [0.717, 1.165) is 24.0 Å². The van der Waals surface area contributed by atoms with Gasteiger partial charge in [-0.2, -0.15) is 0 Å². The second-order valence-corrected chi connectivity index (χ2v) is 6.40. The van der Waals surface area contributed by atoms with Gasteiger partial charge >= 0.3 is 5.97 Å². The summed E-state index contributed by atoms with van der Waals surface area (Å²) in [4.78, 5) is 12.1. The molecule has 0 unspecified atom stereocenters. The number of hydrogen-bond donors (Lipinski definition) is 1. The minimum absolute atomic E-state index is 0.0457. The molecule has 2 aromatic carbocycles. The minimum Gasteiger partial charge on any atom is -0.457 e. The van der Waals surface area contributed by atoms with Gasteiger partial charge in [0.2, 0.25) is 0 Å². The van der Waals surface area contributed by atoms with E-state index in [1.807, 2.05) is 42.5 Å². The van der Waals surface area contributed by atoms with Gasteiger partial charge in [0.1, 0.15) is 6.61 Å². The third-order valence-corrected chi connectivity index (χ3v) is 4.44. The van der Waals surface area contributed by atoms with Gasteiger partial charge in [0.15, 0.2) is 0 Å². The Morgan fingerprint density at radius 2 is 1.75 bits per heavy atom. The van der Waals surface area contributed by atoms with Crippen LogP contribution in [0, 0.1) is 5.41 Å². The van der Waals surface area contributed by atoms with Crippen LogP contribution in [-0.2, 0) is 22.5 Å². The first-order chi connectivity index (χ1) is 11.7. The van der Waals surface area contributed by atoms with E-state index in [0.29, 0.717) is 18.8 Å². The molecule has 0 spiro atoms. The lowest BCUT2D eigenvalue weighted by Crippen LogP contribution is -2.45. The molecule has 0 radical (unpaired) electrons. The Hall–Kier alpha value is -2.17. The van der Waals surface area contributed by atoms with Crippen LogP contribution in [0.4, 0.5) is 0 Å². The van der Waals surface area contributed by atoms with Crippen LogP contribution in [0.15, 0.2) is 54.6 Å². The van der Waals surface area contributed by atoms with Crippen molar-refractivity contribution in [1.82, 2.24) is 0 Å². The molecule has 1 aliphatic rings. The number of rotatable bonds is 7. The number of carbonyl (C=O) groups excluding carboxylic acids is 1. The fraction of sp³-hybridized carbons (Fsp3) is 0.350. The lowest BCUT2D eigenvalue weighted by Gasteiger charge is -2.41. The molecule has 1 N–H and O–H groups in total. The summed E-state index contributed by atoms with van der Waals surface area (Å²) in [6.45, 7) is 1.83. The average Bonchev–Trinajstić information content (AvgIpc) is 2.59. The lowest BCUT2D eigenvalue weighted by molar-refractivity contribution is -0.122. The van der Waals surface area contributed by atoms with Gasteiger partial charge in [0.25, 0.3) is 0 Å². The SMILES string of the molecule is O=C(OCc1ccccc1)c1ccc(CC2(CCO)COC2)cc1. The first-order valence-electron chi connectivity index (χ1n) is 8.19. The molecule has 4 heteroatoms. The molecule has 3 rings (SSSR count). The Morgan fingerprint density at radius 1 is 1.04 bits per heavy atom. The van der Waals surface area contributed by atoms with Gasteiger partial charge in [-0.25, -0.2) is 4.79 Å². The molecular formula is C20H22O4. The third kappa shape index (κ3) is 4.02. The highest BCUT2D eigenvalue weighted by Gasteiger charge is 2.37. The monoisotopic (exact) mass is 326 g/mol. The number of aliphatic hydroxyl groups excluding tert-OH is 1. The number of benzene rings is 2. The van der Waals surface area contributed by atoms with Crippen molar-refractivity contribution in [1.29, 1.82) is 0 Å². The molecule has 126 valence electrons. The summed E-state index contributed by atoms with van der Waals surface area (Å²) in [5.74, 6) is -0.317. The second-order valence-electron chi connectivity index (χ2n) is 6.40. The summed E-state index contributed by atoms with van der Waals surface area (Å²) >= 11 is 0. The van der Waals surface area contributed by atoms with Crippen molar-refractivity contribution >= 4 is 5.97 Å². The summed E-state index contributed by atoms with van der Waals surface area (Å²) in [6, 6.07) is 17.1. The summed E-state index contributed by atoms with van der Waals surface area (Å²) in [5.41, 5.74) is 2.71. The van der Waals surface area contributed by atoms with Gasteiger partial charge in [0, 0.05) is 12.0 Å². The molecule has 1 fully saturated rings. The average molecular weight is 326 g/mol. The maximum atomic E-state index is 12.1. The molecule has 1 saturated heterocycles. The second kappa shape index (κ2) is 7.60. The summed E-state index contributed by atoms with van der Waals surface area (Å²) in [7, 11) is 0. The van der Waals surface area contributed by atoms with Crippen LogP contribution in [0.2, 0.25) is 0 Å². The maximum Gasteiger partial charge on any atom is 0.338 e. The number of hydrogen-bond acceptors (Lipinski definition) is 4. The van der Waals surface area contributed by atoms with Gasteiger partial charge < -0.3 is 14.6 Å². The molecule has 0 amide bonds. The molecule has 24 heavy (non-hydrogen) atoms. The van der Waals surface area contributed by atoms with E-state index in [4.69, 9.17) is 9.47 Å². The summed E-state index contributed by atoms with van der Waals surface area (Å²) in [6.07, 6.45) is 1.60. The van der Waals surface area contributed by atoms with Crippen molar-refractivity contribution in [3.8, 4) is 0 Å².